The van der Waals surface area contributed by atoms with Crippen LogP contribution in [0.5, 0.6) is 0 Å². The first-order valence-corrected chi connectivity index (χ1v) is 10.3. The molecular weight excluding hydrogens is 393 g/mol. The third-order valence-corrected chi connectivity index (χ3v) is 5.18. The number of amides is 1. The summed E-state index contributed by atoms with van der Waals surface area (Å²) in [6, 6.07) is 11.1. The van der Waals surface area contributed by atoms with Gasteiger partial charge in [-0.3, -0.25) is 9.10 Å². The zero-order chi connectivity index (χ0) is 20.9. The van der Waals surface area contributed by atoms with Crippen LogP contribution >= 0.6 is 0 Å². The Hall–Kier alpha value is -2.55. The summed E-state index contributed by atoms with van der Waals surface area (Å²) in [7, 11) is -3.51. The Morgan fingerprint density at radius 3 is 2.11 bits per heavy atom. The normalized spacial score (nSPS) is 11.9. The van der Waals surface area contributed by atoms with E-state index in [9.17, 15) is 26.4 Å². The fourth-order valence-corrected chi connectivity index (χ4v) is 3.51. The molecule has 0 unspecified atom stereocenters. The second-order valence-electron chi connectivity index (χ2n) is 6.40. The van der Waals surface area contributed by atoms with E-state index in [1.54, 1.807) is 24.3 Å². The molecule has 0 atom stereocenters. The molecule has 0 spiro atoms. The molecule has 0 heterocycles. The Labute approximate surface area is 162 Å². The van der Waals surface area contributed by atoms with Crippen molar-refractivity contribution in [3.05, 3.63) is 59.7 Å². The molecule has 2 aromatic carbocycles. The zero-order valence-electron chi connectivity index (χ0n) is 15.5. The van der Waals surface area contributed by atoms with E-state index in [-0.39, 0.29) is 25.1 Å². The molecule has 1 N–H and O–H groups in total. The lowest BCUT2D eigenvalue weighted by Gasteiger charge is -2.22. The number of aryl methyl sites for hydroxylation is 1. The first kappa shape index (κ1) is 21.7. The van der Waals surface area contributed by atoms with Crippen LogP contribution in [-0.4, -0.2) is 27.1 Å². The lowest BCUT2D eigenvalue weighted by Crippen LogP contribution is -2.31. The molecule has 0 aliphatic rings. The number of alkyl halides is 3. The minimum absolute atomic E-state index is 0.0267. The van der Waals surface area contributed by atoms with Gasteiger partial charge < -0.3 is 5.32 Å². The molecule has 0 bridgehead atoms. The monoisotopic (exact) mass is 414 g/mol. The second kappa shape index (κ2) is 8.64. The Morgan fingerprint density at radius 1 is 1.04 bits per heavy atom. The molecule has 0 aliphatic heterocycles. The van der Waals surface area contributed by atoms with Gasteiger partial charge in [-0.1, -0.05) is 17.7 Å². The highest BCUT2D eigenvalue weighted by Crippen LogP contribution is 2.29. The number of benzene rings is 2. The third-order valence-electron chi connectivity index (χ3n) is 3.98. The van der Waals surface area contributed by atoms with Gasteiger partial charge in [0.1, 0.15) is 0 Å². The van der Waals surface area contributed by atoms with E-state index in [2.05, 4.69) is 5.32 Å². The van der Waals surface area contributed by atoms with E-state index in [0.717, 1.165) is 24.0 Å². The molecule has 0 fully saturated rings. The van der Waals surface area contributed by atoms with Crippen molar-refractivity contribution in [2.24, 2.45) is 0 Å². The summed E-state index contributed by atoms with van der Waals surface area (Å²) in [6.07, 6.45) is -3.06. The molecule has 2 aromatic rings. The van der Waals surface area contributed by atoms with Crippen LogP contribution in [0.15, 0.2) is 48.5 Å². The quantitative estimate of drug-likeness (QED) is 0.739. The van der Waals surface area contributed by atoms with Crippen molar-refractivity contribution >= 4 is 27.3 Å². The molecule has 0 saturated carbocycles. The highest BCUT2D eigenvalue weighted by molar-refractivity contribution is 7.92. The largest absolute Gasteiger partial charge is 0.416 e. The van der Waals surface area contributed by atoms with Crippen LogP contribution in [0.1, 0.15) is 24.0 Å². The number of carbonyl (C=O) groups excluding carboxylic acids is 1. The minimum Gasteiger partial charge on any atom is -0.326 e. The number of nitrogens with zero attached hydrogens (tertiary/aromatic N) is 1. The van der Waals surface area contributed by atoms with Gasteiger partial charge in [0.05, 0.1) is 17.5 Å². The van der Waals surface area contributed by atoms with Crippen molar-refractivity contribution in [2.75, 3.05) is 22.4 Å². The maximum atomic E-state index is 12.5. The van der Waals surface area contributed by atoms with E-state index in [4.69, 9.17) is 0 Å². The Bertz CT molecular complexity index is 909. The topological polar surface area (TPSA) is 66.5 Å². The maximum Gasteiger partial charge on any atom is 0.416 e. The Morgan fingerprint density at radius 2 is 1.61 bits per heavy atom. The van der Waals surface area contributed by atoms with E-state index < -0.39 is 27.7 Å². The summed E-state index contributed by atoms with van der Waals surface area (Å²) in [5.74, 6) is -0.405. The number of anilines is 2. The van der Waals surface area contributed by atoms with Gasteiger partial charge in [-0.2, -0.15) is 13.2 Å². The van der Waals surface area contributed by atoms with Gasteiger partial charge in [-0.15, -0.1) is 0 Å². The summed E-state index contributed by atoms with van der Waals surface area (Å²) in [5, 5.41) is 2.51. The Balaban J connectivity index is 1.93. The highest BCUT2D eigenvalue weighted by Gasteiger charge is 2.30. The zero-order valence-corrected chi connectivity index (χ0v) is 16.3. The predicted molar refractivity (Wildman–Crippen MR) is 103 cm³/mol. The van der Waals surface area contributed by atoms with Gasteiger partial charge in [0.25, 0.3) is 0 Å². The van der Waals surface area contributed by atoms with Crippen molar-refractivity contribution in [1.29, 1.82) is 0 Å². The van der Waals surface area contributed by atoms with Crippen molar-refractivity contribution in [1.82, 2.24) is 0 Å². The standard InChI is InChI=1S/C19H21F3N2O3S/c1-14-5-11-17(12-6-14)24(28(2,26)27)13-3-4-18(25)23-16-9-7-15(8-10-16)19(20,21)22/h5-12H,3-4,13H2,1-2H3,(H,23,25). The summed E-state index contributed by atoms with van der Waals surface area (Å²) < 4.78 is 62.9. The fourth-order valence-electron chi connectivity index (χ4n) is 2.55. The van der Waals surface area contributed by atoms with Crippen molar-refractivity contribution in [3.63, 3.8) is 0 Å². The molecule has 9 heteroatoms. The molecule has 1 amide bonds. The van der Waals surface area contributed by atoms with E-state index in [1.165, 1.54) is 16.4 Å². The number of hydrogen-bond donors (Lipinski definition) is 1. The number of carbonyl (C=O) groups is 1. The SMILES string of the molecule is Cc1ccc(N(CCCC(=O)Nc2ccc(C(F)(F)F)cc2)S(C)(=O)=O)cc1. The number of nitrogens with one attached hydrogen (secondary N) is 1. The molecule has 0 radical (unpaired) electrons. The van der Waals surface area contributed by atoms with Crippen LogP contribution in [0, 0.1) is 6.92 Å². The van der Waals surface area contributed by atoms with Crippen LogP contribution in [0.25, 0.3) is 0 Å². The van der Waals surface area contributed by atoms with Gasteiger partial charge in [0.2, 0.25) is 15.9 Å². The fraction of sp³-hybridized carbons (Fsp3) is 0.316. The molecule has 152 valence electrons. The first-order chi connectivity index (χ1) is 13.0. The van der Waals surface area contributed by atoms with Crippen LogP contribution in [0.2, 0.25) is 0 Å². The molecule has 2 rings (SSSR count). The molecule has 0 aliphatic carbocycles. The van der Waals surface area contributed by atoms with E-state index in [0.29, 0.717) is 5.69 Å². The van der Waals surface area contributed by atoms with E-state index >= 15 is 0 Å². The first-order valence-electron chi connectivity index (χ1n) is 8.48. The summed E-state index contributed by atoms with van der Waals surface area (Å²) in [6.45, 7) is 2.00. The van der Waals surface area contributed by atoms with Crippen molar-refractivity contribution in [2.45, 2.75) is 25.9 Å². The van der Waals surface area contributed by atoms with Gasteiger partial charge in [-0.05, 0) is 49.7 Å². The predicted octanol–water partition coefficient (Wildman–Crippen LogP) is 4.20. The highest BCUT2D eigenvalue weighted by atomic mass is 32.2. The third kappa shape index (κ3) is 6.26. The maximum absolute atomic E-state index is 12.5. The molecule has 0 aromatic heterocycles. The molecule has 5 nitrogen and oxygen atoms in total. The average molecular weight is 414 g/mol. The van der Waals surface area contributed by atoms with Gasteiger partial charge in [0, 0.05) is 18.7 Å². The summed E-state index contributed by atoms with van der Waals surface area (Å²) in [5.41, 5.74) is 0.952. The lowest BCUT2D eigenvalue weighted by atomic mass is 10.2. The van der Waals surface area contributed by atoms with Crippen LogP contribution in [0.3, 0.4) is 0 Å². The van der Waals surface area contributed by atoms with Crippen molar-refractivity contribution < 1.29 is 26.4 Å². The Kier molecular flexibility index (Phi) is 6.71. The van der Waals surface area contributed by atoms with Crippen LogP contribution < -0.4 is 9.62 Å². The van der Waals surface area contributed by atoms with Gasteiger partial charge >= 0.3 is 6.18 Å². The number of rotatable bonds is 7. The number of halogens is 3. The number of sulfonamides is 1. The summed E-state index contributed by atoms with van der Waals surface area (Å²) in [4.78, 5) is 12.0. The number of hydrogen-bond acceptors (Lipinski definition) is 3. The molecular formula is C19H21F3N2O3S. The average Bonchev–Trinajstić information content (AvgIpc) is 2.58. The minimum atomic E-state index is -4.44. The lowest BCUT2D eigenvalue weighted by molar-refractivity contribution is -0.137. The van der Waals surface area contributed by atoms with Crippen LogP contribution in [0.4, 0.5) is 24.5 Å². The van der Waals surface area contributed by atoms with Gasteiger partial charge in [-0.25, -0.2) is 8.42 Å². The smallest absolute Gasteiger partial charge is 0.326 e. The van der Waals surface area contributed by atoms with Gasteiger partial charge in [0.15, 0.2) is 0 Å². The van der Waals surface area contributed by atoms with E-state index in [1.807, 2.05) is 6.92 Å². The molecule has 0 saturated heterocycles. The van der Waals surface area contributed by atoms with Crippen LogP contribution in [-0.2, 0) is 21.0 Å². The van der Waals surface area contributed by atoms with Crippen molar-refractivity contribution in [3.8, 4) is 0 Å². The molecule has 28 heavy (non-hydrogen) atoms. The second-order valence-corrected chi connectivity index (χ2v) is 8.30. The summed E-state index contributed by atoms with van der Waals surface area (Å²) >= 11 is 0.